The zero-order chi connectivity index (χ0) is 10.1. The number of benzene rings is 1. The van der Waals surface area contributed by atoms with Gasteiger partial charge in [-0.05, 0) is 43.0 Å². The molecule has 73 valence electrons. The van der Waals surface area contributed by atoms with E-state index < -0.39 is 0 Å². The van der Waals surface area contributed by atoms with Gasteiger partial charge in [0.1, 0.15) is 0 Å². The number of aryl methyl sites for hydroxylation is 2. The van der Waals surface area contributed by atoms with Gasteiger partial charge < -0.3 is 4.98 Å². The second-order valence-corrected chi connectivity index (χ2v) is 4.00. The highest BCUT2D eigenvalue weighted by Gasteiger charge is 2.05. The molecule has 0 aliphatic carbocycles. The van der Waals surface area contributed by atoms with Crippen molar-refractivity contribution in [1.29, 1.82) is 0 Å². The summed E-state index contributed by atoms with van der Waals surface area (Å²) in [5.74, 6) is 0. The first kappa shape index (κ1) is 9.60. The highest BCUT2D eigenvalue weighted by atomic mass is 35.5. The van der Waals surface area contributed by atoms with E-state index in [2.05, 4.69) is 25.0 Å². The van der Waals surface area contributed by atoms with Gasteiger partial charge in [0.25, 0.3) is 0 Å². The topological polar surface area (TPSA) is 15.8 Å². The van der Waals surface area contributed by atoms with Gasteiger partial charge in [0.2, 0.25) is 0 Å². The molecular formula is C12H13ClN. The summed E-state index contributed by atoms with van der Waals surface area (Å²) in [6.45, 7) is 5.93. The quantitative estimate of drug-likeness (QED) is 0.767. The van der Waals surface area contributed by atoms with Crippen LogP contribution >= 0.6 is 11.6 Å². The number of halogens is 1. The molecular weight excluding hydrogens is 194 g/mol. The third-order valence-corrected chi connectivity index (χ3v) is 2.70. The van der Waals surface area contributed by atoms with E-state index in [1.165, 1.54) is 22.0 Å². The maximum absolute atomic E-state index is 6.02. The molecule has 0 fully saturated rings. The van der Waals surface area contributed by atoms with Crippen LogP contribution in [0.15, 0.2) is 18.3 Å². The van der Waals surface area contributed by atoms with Crippen molar-refractivity contribution in [3.63, 3.8) is 0 Å². The highest BCUT2D eigenvalue weighted by Crippen LogP contribution is 2.26. The number of aromatic nitrogens is 1. The minimum Gasteiger partial charge on any atom is -0.361 e. The van der Waals surface area contributed by atoms with Gasteiger partial charge >= 0.3 is 0 Å². The molecule has 0 aliphatic rings. The average Bonchev–Trinajstić information content (AvgIpc) is 2.49. The molecule has 0 saturated heterocycles. The molecule has 0 amide bonds. The normalized spacial score (nSPS) is 11.1. The van der Waals surface area contributed by atoms with Crippen LogP contribution in [0.2, 0.25) is 5.02 Å². The van der Waals surface area contributed by atoms with E-state index in [9.17, 15) is 0 Å². The van der Waals surface area contributed by atoms with Crippen LogP contribution in [0.5, 0.6) is 0 Å². The number of fused-ring (bicyclic) bond motifs is 1. The summed E-state index contributed by atoms with van der Waals surface area (Å²) in [4.78, 5) is 3.28. The van der Waals surface area contributed by atoms with Crippen LogP contribution in [0.4, 0.5) is 0 Å². The summed E-state index contributed by atoms with van der Waals surface area (Å²) >= 11 is 6.02. The number of hydrogen-bond acceptors (Lipinski definition) is 0. The molecule has 2 heteroatoms. The molecule has 2 rings (SSSR count). The van der Waals surface area contributed by atoms with E-state index in [4.69, 9.17) is 11.6 Å². The second-order valence-electron chi connectivity index (χ2n) is 3.56. The Balaban J connectivity index is 2.66. The van der Waals surface area contributed by atoms with E-state index in [1.54, 1.807) is 0 Å². The maximum atomic E-state index is 6.02. The van der Waals surface area contributed by atoms with Crippen LogP contribution in [0.1, 0.15) is 17.5 Å². The van der Waals surface area contributed by atoms with Gasteiger partial charge in [-0.2, -0.15) is 0 Å². The molecule has 0 atom stereocenters. The van der Waals surface area contributed by atoms with Crippen molar-refractivity contribution < 1.29 is 0 Å². The second kappa shape index (κ2) is 3.66. The molecule has 0 spiro atoms. The molecule has 1 aromatic heterocycles. The van der Waals surface area contributed by atoms with E-state index >= 15 is 0 Å². The molecule has 1 nitrogen and oxygen atoms in total. The van der Waals surface area contributed by atoms with Gasteiger partial charge in [-0.15, -0.1) is 0 Å². The van der Waals surface area contributed by atoms with Gasteiger partial charge in [-0.1, -0.05) is 18.5 Å². The minimum atomic E-state index is 0.805. The van der Waals surface area contributed by atoms with Crippen LogP contribution in [0, 0.1) is 13.8 Å². The lowest BCUT2D eigenvalue weighted by atomic mass is 10.1. The number of rotatable bonds is 2. The van der Waals surface area contributed by atoms with Crippen molar-refractivity contribution in [1.82, 2.24) is 4.98 Å². The van der Waals surface area contributed by atoms with E-state index in [-0.39, 0.29) is 0 Å². The van der Waals surface area contributed by atoms with Crippen molar-refractivity contribution in [2.24, 2.45) is 0 Å². The first-order chi connectivity index (χ1) is 6.72. The summed E-state index contributed by atoms with van der Waals surface area (Å²) in [7, 11) is 0. The molecule has 1 radical (unpaired) electrons. The maximum Gasteiger partial charge on any atom is 0.0487 e. The van der Waals surface area contributed by atoms with Gasteiger partial charge in [-0.25, -0.2) is 0 Å². The molecule has 1 N–H and O–H groups in total. The lowest BCUT2D eigenvalue weighted by Gasteiger charge is -1.99. The SMILES string of the molecule is [CH2]CCc1c[nH]c2c(C)cc(Cl)cc12. The molecule has 0 saturated carbocycles. The van der Waals surface area contributed by atoms with Crippen LogP contribution in [0.25, 0.3) is 10.9 Å². The van der Waals surface area contributed by atoms with E-state index in [0.29, 0.717) is 0 Å². The number of H-pyrrole nitrogens is 1. The zero-order valence-electron chi connectivity index (χ0n) is 8.23. The Morgan fingerprint density at radius 1 is 1.43 bits per heavy atom. The summed E-state index contributed by atoms with van der Waals surface area (Å²) in [6, 6.07) is 4.00. The fourth-order valence-electron chi connectivity index (χ4n) is 1.82. The molecule has 1 aromatic carbocycles. The van der Waals surface area contributed by atoms with Gasteiger partial charge in [-0.3, -0.25) is 0 Å². The van der Waals surface area contributed by atoms with Crippen molar-refractivity contribution in [3.8, 4) is 0 Å². The zero-order valence-corrected chi connectivity index (χ0v) is 8.99. The lowest BCUT2D eigenvalue weighted by molar-refractivity contribution is 1.01. The Morgan fingerprint density at radius 3 is 2.93 bits per heavy atom. The number of nitrogens with one attached hydrogen (secondary N) is 1. The van der Waals surface area contributed by atoms with E-state index in [1.807, 2.05) is 12.1 Å². The summed E-state index contributed by atoms with van der Waals surface area (Å²) in [6.07, 6.45) is 3.97. The predicted molar refractivity (Wildman–Crippen MR) is 61.7 cm³/mol. The van der Waals surface area contributed by atoms with Gasteiger partial charge in [0.15, 0.2) is 0 Å². The molecule has 14 heavy (non-hydrogen) atoms. The fraction of sp³-hybridized carbons (Fsp3) is 0.250. The van der Waals surface area contributed by atoms with Crippen LogP contribution < -0.4 is 0 Å². The first-order valence-corrected chi connectivity index (χ1v) is 5.15. The van der Waals surface area contributed by atoms with Crippen LogP contribution in [-0.2, 0) is 6.42 Å². The summed E-state index contributed by atoms with van der Waals surface area (Å²) < 4.78 is 0. The third-order valence-electron chi connectivity index (χ3n) is 2.48. The summed E-state index contributed by atoms with van der Waals surface area (Å²) in [5.41, 5.74) is 3.70. The lowest BCUT2D eigenvalue weighted by Crippen LogP contribution is -1.81. The average molecular weight is 207 g/mol. The van der Waals surface area contributed by atoms with Crippen LogP contribution in [-0.4, -0.2) is 4.98 Å². The molecule has 0 bridgehead atoms. The third kappa shape index (κ3) is 1.53. The Bertz CT molecular complexity index is 457. The van der Waals surface area contributed by atoms with Gasteiger partial charge in [0.05, 0.1) is 0 Å². The molecule has 0 unspecified atom stereocenters. The smallest absolute Gasteiger partial charge is 0.0487 e. The van der Waals surface area contributed by atoms with E-state index in [0.717, 1.165) is 17.9 Å². The first-order valence-electron chi connectivity index (χ1n) is 4.77. The Morgan fingerprint density at radius 2 is 2.21 bits per heavy atom. The predicted octanol–water partition coefficient (Wildman–Crippen LogP) is 3.90. The molecule has 1 heterocycles. The van der Waals surface area contributed by atoms with Gasteiger partial charge in [0, 0.05) is 22.1 Å². The van der Waals surface area contributed by atoms with Crippen molar-refractivity contribution in [2.45, 2.75) is 19.8 Å². The standard InChI is InChI=1S/C12H13ClN/c1-3-4-9-7-14-12-8(2)5-10(13)6-11(9)12/h5-7,14H,1,3-4H2,2H3. The minimum absolute atomic E-state index is 0.805. The Labute approximate surface area is 89.1 Å². The Kier molecular flexibility index (Phi) is 2.51. The van der Waals surface area contributed by atoms with Crippen molar-refractivity contribution >= 4 is 22.5 Å². The largest absolute Gasteiger partial charge is 0.361 e. The number of hydrogen-bond donors (Lipinski definition) is 1. The van der Waals surface area contributed by atoms with Crippen molar-refractivity contribution in [2.75, 3.05) is 0 Å². The Hall–Kier alpha value is -0.950. The van der Waals surface area contributed by atoms with Crippen LogP contribution in [0.3, 0.4) is 0 Å². The van der Waals surface area contributed by atoms with Crippen molar-refractivity contribution in [3.05, 3.63) is 41.4 Å². The number of aromatic amines is 1. The monoisotopic (exact) mass is 206 g/mol. The molecule has 2 aromatic rings. The molecule has 0 aliphatic heterocycles. The highest BCUT2D eigenvalue weighted by molar-refractivity contribution is 6.31. The summed E-state index contributed by atoms with van der Waals surface area (Å²) in [5, 5.41) is 2.04. The fourth-order valence-corrected chi connectivity index (χ4v) is 2.10.